The van der Waals surface area contributed by atoms with Crippen LogP contribution in [0.2, 0.25) is 5.02 Å². The second-order valence-corrected chi connectivity index (χ2v) is 7.21. The molecular formula is C22H17ClN6O. The van der Waals surface area contributed by atoms with Crippen LogP contribution in [0.4, 0.5) is 5.82 Å². The number of benzene rings is 2. The minimum absolute atomic E-state index is 0.166. The lowest BCUT2D eigenvalue weighted by atomic mass is 10.1. The lowest BCUT2D eigenvalue weighted by Crippen LogP contribution is -2.11. The van der Waals surface area contributed by atoms with E-state index in [1.165, 1.54) is 6.33 Å². The molecule has 0 aliphatic rings. The summed E-state index contributed by atoms with van der Waals surface area (Å²) in [7, 11) is 0. The number of nitrogens with zero attached hydrogens (tertiary/aromatic N) is 4. The fourth-order valence-corrected chi connectivity index (χ4v) is 3.54. The Morgan fingerprint density at radius 3 is 2.77 bits per heavy atom. The van der Waals surface area contributed by atoms with Crippen molar-refractivity contribution in [3.05, 3.63) is 77.8 Å². The highest BCUT2D eigenvalue weighted by atomic mass is 35.5. The summed E-state index contributed by atoms with van der Waals surface area (Å²) in [5.74, 6) is 1.83. The van der Waals surface area contributed by atoms with Crippen molar-refractivity contribution in [3.8, 4) is 11.6 Å². The van der Waals surface area contributed by atoms with Gasteiger partial charge in [-0.3, -0.25) is 0 Å². The van der Waals surface area contributed by atoms with E-state index in [1.807, 2.05) is 61.5 Å². The molecule has 3 heterocycles. The number of rotatable bonds is 5. The topological polar surface area (TPSA) is 88.6 Å². The predicted molar refractivity (Wildman–Crippen MR) is 117 cm³/mol. The van der Waals surface area contributed by atoms with Crippen molar-refractivity contribution in [1.82, 2.24) is 24.9 Å². The van der Waals surface area contributed by atoms with Crippen LogP contribution in [0, 0.1) is 0 Å². The molecular weight excluding hydrogens is 400 g/mol. The zero-order valence-electron chi connectivity index (χ0n) is 16.0. The Bertz CT molecular complexity index is 1340. The molecule has 0 saturated carbocycles. The number of ether oxygens (including phenoxy) is 1. The summed E-state index contributed by atoms with van der Waals surface area (Å²) in [4.78, 5) is 20.5. The summed E-state index contributed by atoms with van der Waals surface area (Å²) in [6, 6.07) is 17.1. The van der Waals surface area contributed by atoms with E-state index in [-0.39, 0.29) is 6.04 Å². The third-order valence-electron chi connectivity index (χ3n) is 4.79. The van der Waals surface area contributed by atoms with Crippen LogP contribution in [-0.2, 0) is 0 Å². The van der Waals surface area contributed by atoms with E-state index in [0.29, 0.717) is 33.6 Å². The Labute approximate surface area is 177 Å². The summed E-state index contributed by atoms with van der Waals surface area (Å²) in [5, 5.41) is 4.93. The first-order valence-electron chi connectivity index (χ1n) is 9.42. The molecule has 7 nitrogen and oxygen atoms in total. The maximum atomic E-state index is 6.38. The van der Waals surface area contributed by atoms with Crippen molar-refractivity contribution in [2.24, 2.45) is 0 Å². The molecule has 3 aromatic heterocycles. The van der Waals surface area contributed by atoms with E-state index in [1.54, 1.807) is 6.33 Å². The van der Waals surface area contributed by atoms with Gasteiger partial charge in [-0.15, -0.1) is 0 Å². The molecule has 1 unspecified atom stereocenters. The number of halogens is 1. The minimum atomic E-state index is -0.166. The number of imidazole rings is 1. The Morgan fingerprint density at radius 1 is 1.03 bits per heavy atom. The second-order valence-electron chi connectivity index (χ2n) is 6.80. The summed E-state index contributed by atoms with van der Waals surface area (Å²) in [6.07, 6.45) is 3.08. The van der Waals surface area contributed by atoms with Gasteiger partial charge >= 0.3 is 0 Å². The number of hydrogen-bond donors (Lipinski definition) is 2. The molecule has 148 valence electrons. The van der Waals surface area contributed by atoms with Crippen LogP contribution < -0.4 is 10.1 Å². The average Bonchev–Trinajstić information content (AvgIpc) is 3.25. The minimum Gasteiger partial charge on any atom is -0.439 e. The van der Waals surface area contributed by atoms with Gasteiger partial charge in [0.1, 0.15) is 17.6 Å². The number of pyridine rings is 1. The Balaban J connectivity index is 1.59. The van der Waals surface area contributed by atoms with Crippen LogP contribution in [0.25, 0.3) is 22.1 Å². The second kappa shape index (κ2) is 7.61. The number of hydrogen-bond acceptors (Lipinski definition) is 6. The van der Waals surface area contributed by atoms with E-state index in [0.717, 1.165) is 16.5 Å². The molecule has 0 bridgehead atoms. The van der Waals surface area contributed by atoms with Gasteiger partial charge in [-0.05, 0) is 31.2 Å². The number of nitrogens with one attached hydrogen (secondary N) is 2. The molecule has 0 fully saturated rings. The van der Waals surface area contributed by atoms with E-state index in [4.69, 9.17) is 21.3 Å². The maximum Gasteiger partial charge on any atom is 0.225 e. The average molecular weight is 417 g/mol. The normalized spacial score (nSPS) is 12.2. The van der Waals surface area contributed by atoms with Crippen molar-refractivity contribution in [2.45, 2.75) is 13.0 Å². The van der Waals surface area contributed by atoms with Crippen molar-refractivity contribution in [2.75, 3.05) is 5.32 Å². The third-order valence-corrected chi connectivity index (χ3v) is 5.09. The number of aromatic nitrogens is 5. The monoisotopic (exact) mass is 416 g/mol. The quantitative estimate of drug-likeness (QED) is 0.392. The lowest BCUT2D eigenvalue weighted by molar-refractivity contribution is 0.456. The Hall–Kier alpha value is -3.71. The van der Waals surface area contributed by atoms with E-state index in [9.17, 15) is 0 Å². The van der Waals surface area contributed by atoms with Crippen LogP contribution in [0.5, 0.6) is 11.6 Å². The molecule has 0 saturated heterocycles. The first kappa shape index (κ1) is 18.3. The van der Waals surface area contributed by atoms with Gasteiger partial charge < -0.3 is 15.0 Å². The van der Waals surface area contributed by atoms with Crippen LogP contribution in [0.1, 0.15) is 18.5 Å². The van der Waals surface area contributed by atoms with Gasteiger partial charge in [0.2, 0.25) is 5.88 Å². The van der Waals surface area contributed by atoms with E-state index < -0.39 is 0 Å². The SMILES string of the molecule is CC(Nc1ncnc2nc[nH]c12)c1cc2cccc(Cl)c2nc1Oc1ccccc1. The summed E-state index contributed by atoms with van der Waals surface area (Å²) in [5.41, 5.74) is 2.91. The molecule has 0 spiro atoms. The van der Waals surface area contributed by atoms with Crippen LogP contribution in [-0.4, -0.2) is 24.9 Å². The number of aromatic amines is 1. The fraction of sp³-hybridized carbons (Fsp3) is 0.0909. The third kappa shape index (κ3) is 3.40. The van der Waals surface area contributed by atoms with E-state index >= 15 is 0 Å². The molecule has 5 rings (SSSR count). The first-order chi connectivity index (χ1) is 14.7. The van der Waals surface area contributed by atoms with Gasteiger partial charge in [-0.1, -0.05) is 41.9 Å². The highest BCUT2D eigenvalue weighted by molar-refractivity contribution is 6.35. The number of fused-ring (bicyclic) bond motifs is 2. The maximum absolute atomic E-state index is 6.38. The van der Waals surface area contributed by atoms with Gasteiger partial charge in [-0.25, -0.2) is 19.9 Å². The van der Waals surface area contributed by atoms with Gasteiger partial charge in [-0.2, -0.15) is 0 Å². The molecule has 2 aromatic carbocycles. The van der Waals surface area contributed by atoms with Crippen molar-refractivity contribution in [3.63, 3.8) is 0 Å². The number of H-pyrrole nitrogens is 1. The molecule has 2 N–H and O–H groups in total. The fourth-order valence-electron chi connectivity index (χ4n) is 3.31. The van der Waals surface area contributed by atoms with Gasteiger partial charge in [0.25, 0.3) is 0 Å². The predicted octanol–water partition coefficient (Wildman–Crippen LogP) is 5.52. The Kier molecular flexibility index (Phi) is 4.65. The zero-order chi connectivity index (χ0) is 20.5. The van der Waals surface area contributed by atoms with Crippen molar-refractivity contribution in [1.29, 1.82) is 0 Å². The Morgan fingerprint density at radius 2 is 1.90 bits per heavy atom. The van der Waals surface area contributed by atoms with E-state index in [2.05, 4.69) is 25.3 Å². The molecule has 0 radical (unpaired) electrons. The van der Waals surface area contributed by atoms with Gasteiger partial charge in [0, 0.05) is 10.9 Å². The summed E-state index contributed by atoms with van der Waals surface area (Å²) < 4.78 is 6.14. The summed E-state index contributed by atoms with van der Waals surface area (Å²) in [6.45, 7) is 2.02. The number of para-hydroxylation sites is 2. The number of anilines is 1. The highest BCUT2D eigenvalue weighted by Gasteiger charge is 2.18. The lowest BCUT2D eigenvalue weighted by Gasteiger charge is -2.19. The standard InChI is InChI=1S/C22H17ClN6O/c1-13(28-21-19-20(25-11-24-19)26-12-27-21)16-10-14-6-5-9-17(23)18(14)29-22(16)30-15-7-3-2-4-8-15/h2-13H,1H3,(H2,24,25,26,27,28). The molecule has 5 aromatic rings. The van der Waals surface area contributed by atoms with Crippen LogP contribution in [0.15, 0.2) is 67.3 Å². The van der Waals surface area contributed by atoms with Crippen molar-refractivity contribution >= 4 is 39.5 Å². The highest BCUT2D eigenvalue weighted by Crippen LogP contribution is 2.34. The van der Waals surface area contributed by atoms with Crippen LogP contribution in [0.3, 0.4) is 0 Å². The molecule has 0 aliphatic heterocycles. The summed E-state index contributed by atoms with van der Waals surface area (Å²) >= 11 is 6.38. The van der Waals surface area contributed by atoms with Gasteiger partial charge in [0.05, 0.1) is 22.9 Å². The smallest absolute Gasteiger partial charge is 0.225 e. The van der Waals surface area contributed by atoms with Crippen LogP contribution >= 0.6 is 11.6 Å². The van der Waals surface area contributed by atoms with Crippen molar-refractivity contribution < 1.29 is 4.74 Å². The largest absolute Gasteiger partial charge is 0.439 e. The van der Waals surface area contributed by atoms with Gasteiger partial charge in [0.15, 0.2) is 11.5 Å². The molecule has 30 heavy (non-hydrogen) atoms. The molecule has 0 aliphatic carbocycles. The molecule has 1 atom stereocenters. The molecule has 0 amide bonds. The molecule has 8 heteroatoms. The first-order valence-corrected chi connectivity index (χ1v) is 9.79. The zero-order valence-corrected chi connectivity index (χ0v) is 16.8.